The number of hydrogen-bond acceptors (Lipinski definition) is 4. The summed E-state index contributed by atoms with van der Waals surface area (Å²) in [7, 11) is 0. The molecule has 0 fully saturated rings. The Kier molecular flexibility index (Phi) is 6.52. The van der Waals surface area contributed by atoms with Crippen LogP contribution in [0, 0.1) is 0 Å². The highest BCUT2D eigenvalue weighted by atomic mass is 16.3. The summed E-state index contributed by atoms with van der Waals surface area (Å²) in [5, 5.41) is 12.3. The number of rotatable bonds is 4. The first-order valence-corrected chi connectivity index (χ1v) is 17.9. The van der Waals surface area contributed by atoms with Crippen molar-refractivity contribution in [1.29, 1.82) is 0 Å². The van der Waals surface area contributed by atoms with Crippen LogP contribution in [0.2, 0.25) is 0 Å². The molecule has 0 spiro atoms. The summed E-state index contributed by atoms with van der Waals surface area (Å²) in [6.07, 6.45) is 0. The standard InChI is InChI=1S/C49H29N3O/c1-2-12-31(13-3-1)47-50-48(52-49(51-47)33-26-27-39-38-18-10-11-21-44(38)53-45(39)28-33)32-24-22-30(23-25-32)42-29-43-36-16-5-4-14-34(36)35-15-6-8-19-40(35)46(43)41-20-9-7-17-37(41)42/h1-29H. The van der Waals surface area contributed by atoms with Gasteiger partial charge in [-0.2, -0.15) is 0 Å². The lowest BCUT2D eigenvalue weighted by molar-refractivity contribution is 0.669. The molecule has 0 atom stereocenters. The molecule has 0 amide bonds. The van der Waals surface area contributed by atoms with E-state index in [0.717, 1.165) is 44.2 Å². The quantitative estimate of drug-likeness (QED) is 0.174. The Morgan fingerprint density at radius 3 is 1.43 bits per heavy atom. The van der Waals surface area contributed by atoms with E-state index in [2.05, 4.69) is 121 Å². The molecule has 0 radical (unpaired) electrons. The number of fused-ring (bicyclic) bond motifs is 11. The van der Waals surface area contributed by atoms with Crippen LogP contribution in [-0.4, -0.2) is 15.0 Å². The SMILES string of the molecule is c1ccc(-c2nc(-c3ccc(-c4cc5c6ccccc6c6ccccc6c5c5ccccc45)cc3)nc(-c3ccc4c(c3)oc3ccccc34)n2)cc1. The molecular formula is C49H29N3O. The molecule has 11 aromatic rings. The first-order valence-electron chi connectivity index (χ1n) is 17.9. The molecule has 0 aliphatic carbocycles. The average Bonchev–Trinajstić information content (AvgIpc) is 3.61. The highest BCUT2D eigenvalue weighted by Gasteiger charge is 2.17. The minimum atomic E-state index is 0.597. The van der Waals surface area contributed by atoms with Crippen molar-refractivity contribution in [2.75, 3.05) is 0 Å². The van der Waals surface area contributed by atoms with Gasteiger partial charge in [0.15, 0.2) is 17.5 Å². The van der Waals surface area contributed by atoms with Crippen LogP contribution < -0.4 is 0 Å². The lowest BCUT2D eigenvalue weighted by Gasteiger charge is -2.16. The maximum atomic E-state index is 6.23. The van der Waals surface area contributed by atoms with Crippen molar-refractivity contribution in [3.63, 3.8) is 0 Å². The van der Waals surface area contributed by atoms with E-state index in [9.17, 15) is 0 Å². The highest BCUT2D eigenvalue weighted by molar-refractivity contribution is 6.33. The molecule has 0 saturated heterocycles. The molecule has 246 valence electrons. The Labute approximate surface area is 304 Å². The second kappa shape index (κ2) is 11.7. The van der Waals surface area contributed by atoms with Crippen molar-refractivity contribution in [2.45, 2.75) is 0 Å². The topological polar surface area (TPSA) is 51.8 Å². The lowest BCUT2D eigenvalue weighted by atomic mass is 9.87. The molecule has 4 heteroatoms. The average molecular weight is 676 g/mol. The summed E-state index contributed by atoms with van der Waals surface area (Å²) in [5.74, 6) is 1.84. The van der Waals surface area contributed by atoms with Gasteiger partial charge < -0.3 is 4.42 Å². The minimum Gasteiger partial charge on any atom is -0.456 e. The molecule has 0 N–H and O–H groups in total. The molecule has 11 rings (SSSR count). The van der Waals surface area contributed by atoms with Crippen molar-refractivity contribution >= 4 is 65.0 Å². The van der Waals surface area contributed by atoms with Gasteiger partial charge in [-0.15, -0.1) is 0 Å². The molecule has 53 heavy (non-hydrogen) atoms. The summed E-state index contributed by atoms with van der Waals surface area (Å²) >= 11 is 0. The first-order chi connectivity index (χ1) is 26.3. The number of hydrogen-bond donors (Lipinski definition) is 0. The van der Waals surface area contributed by atoms with Gasteiger partial charge in [-0.05, 0) is 78.5 Å². The third kappa shape index (κ3) is 4.73. The fraction of sp³-hybridized carbons (Fsp3) is 0. The molecule has 4 nitrogen and oxygen atoms in total. The number of aromatic nitrogens is 3. The van der Waals surface area contributed by atoms with Gasteiger partial charge in [-0.25, -0.2) is 15.0 Å². The summed E-state index contributed by atoms with van der Waals surface area (Å²) in [6, 6.07) is 61.7. The van der Waals surface area contributed by atoms with Gasteiger partial charge in [-0.1, -0.05) is 152 Å². The van der Waals surface area contributed by atoms with E-state index in [1.807, 2.05) is 54.6 Å². The van der Waals surface area contributed by atoms with Gasteiger partial charge in [0.25, 0.3) is 0 Å². The summed E-state index contributed by atoms with van der Waals surface area (Å²) in [5.41, 5.74) is 6.72. The number of furan rings is 1. The fourth-order valence-corrected chi connectivity index (χ4v) is 8.02. The predicted molar refractivity (Wildman–Crippen MR) is 219 cm³/mol. The minimum absolute atomic E-state index is 0.597. The van der Waals surface area contributed by atoms with E-state index >= 15 is 0 Å². The van der Waals surface area contributed by atoms with Crippen molar-refractivity contribution in [3.8, 4) is 45.3 Å². The normalized spacial score (nSPS) is 11.8. The van der Waals surface area contributed by atoms with Crippen LogP contribution in [0.25, 0.3) is 110 Å². The molecule has 9 aromatic carbocycles. The second-order valence-corrected chi connectivity index (χ2v) is 13.5. The Morgan fingerprint density at radius 2 is 0.736 bits per heavy atom. The highest BCUT2D eigenvalue weighted by Crippen LogP contribution is 2.43. The van der Waals surface area contributed by atoms with E-state index in [-0.39, 0.29) is 0 Å². The van der Waals surface area contributed by atoms with Gasteiger partial charge in [0, 0.05) is 27.5 Å². The maximum absolute atomic E-state index is 6.23. The van der Waals surface area contributed by atoms with E-state index in [4.69, 9.17) is 19.4 Å². The second-order valence-electron chi connectivity index (χ2n) is 13.5. The Hall–Kier alpha value is -7.17. The monoisotopic (exact) mass is 675 g/mol. The number of para-hydroxylation sites is 1. The van der Waals surface area contributed by atoms with Crippen LogP contribution >= 0.6 is 0 Å². The predicted octanol–water partition coefficient (Wildman–Crippen LogP) is 13.1. The van der Waals surface area contributed by atoms with Gasteiger partial charge in [0.05, 0.1) is 0 Å². The summed E-state index contributed by atoms with van der Waals surface area (Å²) < 4.78 is 6.23. The molecule has 0 aliphatic rings. The van der Waals surface area contributed by atoms with Crippen LogP contribution in [-0.2, 0) is 0 Å². The van der Waals surface area contributed by atoms with E-state index in [1.54, 1.807) is 0 Å². The van der Waals surface area contributed by atoms with Gasteiger partial charge >= 0.3 is 0 Å². The lowest BCUT2D eigenvalue weighted by Crippen LogP contribution is -2.00. The Morgan fingerprint density at radius 1 is 0.283 bits per heavy atom. The van der Waals surface area contributed by atoms with Gasteiger partial charge in [0.2, 0.25) is 0 Å². The van der Waals surface area contributed by atoms with Crippen LogP contribution in [0.4, 0.5) is 0 Å². The molecule has 2 heterocycles. The molecule has 0 unspecified atom stereocenters. The molecule has 0 aliphatic heterocycles. The molecular weight excluding hydrogens is 647 g/mol. The maximum Gasteiger partial charge on any atom is 0.164 e. The smallest absolute Gasteiger partial charge is 0.164 e. The summed E-state index contributed by atoms with van der Waals surface area (Å²) in [4.78, 5) is 15.0. The number of nitrogens with zero attached hydrogens (tertiary/aromatic N) is 3. The van der Waals surface area contributed by atoms with Crippen molar-refractivity contribution in [3.05, 3.63) is 176 Å². The zero-order valence-corrected chi connectivity index (χ0v) is 28.5. The zero-order chi connectivity index (χ0) is 34.9. The van der Waals surface area contributed by atoms with Crippen LogP contribution in [0.5, 0.6) is 0 Å². The fourth-order valence-electron chi connectivity index (χ4n) is 8.02. The van der Waals surface area contributed by atoms with E-state index < -0.39 is 0 Å². The van der Waals surface area contributed by atoms with Crippen LogP contribution in [0.3, 0.4) is 0 Å². The molecule has 0 saturated carbocycles. The van der Waals surface area contributed by atoms with Gasteiger partial charge in [0.1, 0.15) is 11.2 Å². The third-order valence-electron chi connectivity index (χ3n) is 10.5. The van der Waals surface area contributed by atoms with Crippen molar-refractivity contribution in [2.24, 2.45) is 0 Å². The van der Waals surface area contributed by atoms with Crippen LogP contribution in [0.1, 0.15) is 0 Å². The Balaban J connectivity index is 1.07. The van der Waals surface area contributed by atoms with Crippen molar-refractivity contribution in [1.82, 2.24) is 15.0 Å². The molecule has 0 bridgehead atoms. The van der Waals surface area contributed by atoms with Crippen molar-refractivity contribution < 1.29 is 4.42 Å². The number of benzene rings is 9. The first kappa shape index (κ1) is 29.5. The van der Waals surface area contributed by atoms with E-state index in [1.165, 1.54) is 48.7 Å². The van der Waals surface area contributed by atoms with Crippen LogP contribution in [0.15, 0.2) is 180 Å². The largest absolute Gasteiger partial charge is 0.456 e. The summed E-state index contributed by atoms with van der Waals surface area (Å²) in [6.45, 7) is 0. The third-order valence-corrected chi connectivity index (χ3v) is 10.5. The van der Waals surface area contributed by atoms with E-state index in [0.29, 0.717) is 17.5 Å². The van der Waals surface area contributed by atoms with Gasteiger partial charge in [-0.3, -0.25) is 0 Å². The Bertz CT molecular complexity index is 3220. The molecule has 2 aromatic heterocycles. The zero-order valence-electron chi connectivity index (χ0n) is 28.5.